The molecule has 0 radical (unpaired) electrons. The van der Waals surface area contributed by atoms with Crippen molar-refractivity contribution in [2.24, 2.45) is 5.16 Å². The normalized spacial score (nSPS) is 15.8. The number of rotatable bonds is 4. The van der Waals surface area contributed by atoms with Gasteiger partial charge in [0.2, 0.25) is 12.0 Å². The molecule has 1 heterocycles. The van der Waals surface area contributed by atoms with Gasteiger partial charge in [-0.15, -0.1) is 0 Å². The molecule has 0 spiro atoms. The van der Waals surface area contributed by atoms with Crippen molar-refractivity contribution < 1.29 is 18.8 Å². The van der Waals surface area contributed by atoms with Gasteiger partial charge in [-0.3, -0.25) is 20.4 Å². The molecule has 0 saturated heterocycles. The third kappa shape index (κ3) is 4.58. The van der Waals surface area contributed by atoms with Crippen molar-refractivity contribution in [1.82, 2.24) is 10.9 Å². The number of carbonyl (C=O) groups excluding carboxylic acids is 2. The lowest BCUT2D eigenvalue weighted by Gasteiger charge is -2.10. The van der Waals surface area contributed by atoms with Crippen LogP contribution >= 0.6 is 11.6 Å². The topological polar surface area (TPSA) is 79.8 Å². The Morgan fingerprint density at radius 1 is 1.19 bits per heavy atom. The summed E-state index contributed by atoms with van der Waals surface area (Å²) in [7, 11) is 0. The van der Waals surface area contributed by atoms with Gasteiger partial charge >= 0.3 is 0 Å². The second-order valence-corrected chi connectivity index (χ2v) is 6.12. The maximum absolute atomic E-state index is 13.3. The summed E-state index contributed by atoms with van der Waals surface area (Å²) in [5, 5.41) is 4.40. The number of amides is 2. The molecule has 0 bridgehead atoms. The molecule has 2 aromatic rings. The van der Waals surface area contributed by atoms with Crippen LogP contribution in [0.1, 0.15) is 17.5 Å². The number of hydrazine groups is 1. The Labute approximate surface area is 153 Å². The van der Waals surface area contributed by atoms with E-state index in [0.717, 1.165) is 5.56 Å². The zero-order chi connectivity index (χ0) is 18.5. The van der Waals surface area contributed by atoms with Crippen molar-refractivity contribution in [2.75, 3.05) is 0 Å². The van der Waals surface area contributed by atoms with Gasteiger partial charge < -0.3 is 4.84 Å². The maximum atomic E-state index is 13.3. The highest BCUT2D eigenvalue weighted by atomic mass is 35.5. The maximum Gasteiger partial charge on any atom is 0.282 e. The summed E-state index contributed by atoms with van der Waals surface area (Å²) in [4.78, 5) is 29.0. The minimum atomic E-state index is -0.885. The number of halogens is 2. The van der Waals surface area contributed by atoms with Gasteiger partial charge in [-0.2, -0.15) is 0 Å². The third-order valence-corrected chi connectivity index (χ3v) is 3.97. The monoisotopic (exact) mass is 375 g/mol. The molecule has 1 atom stereocenters. The average Bonchev–Trinajstić information content (AvgIpc) is 3.12. The summed E-state index contributed by atoms with van der Waals surface area (Å²) in [6.45, 7) is 0. The van der Waals surface area contributed by atoms with Crippen LogP contribution in [0.15, 0.2) is 53.7 Å². The number of nitrogens with one attached hydrogen (secondary N) is 2. The van der Waals surface area contributed by atoms with Crippen LogP contribution in [0.5, 0.6) is 0 Å². The van der Waals surface area contributed by atoms with Crippen LogP contribution in [0.25, 0.3) is 0 Å². The van der Waals surface area contributed by atoms with Gasteiger partial charge in [0.15, 0.2) is 0 Å². The number of nitrogens with zero attached hydrogens (tertiary/aromatic N) is 1. The Hall–Kier alpha value is -2.93. The lowest BCUT2D eigenvalue weighted by Crippen LogP contribution is -2.47. The van der Waals surface area contributed by atoms with Gasteiger partial charge in [0, 0.05) is 17.0 Å². The van der Waals surface area contributed by atoms with E-state index in [4.69, 9.17) is 16.4 Å². The van der Waals surface area contributed by atoms with E-state index in [1.54, 1.807) is 36.4 Å². The van der Waals surface area contributed by atoms with E-state index in [-0.39, 0.29) is 18.7 Å². The molecule has 0 aliphatic carbocycles. The Morgan fingerprint density at radius 2 is 1.96 bits per heavy atom. The molecule has 0 unspecified atom stereocenters. The van der Waals surface area contributed by atoms with Crippen LogP contribution in [0.4, 0.5) is 4.39 Å². The zero-order valence-corrected chi connectivity index (χ0v) is 14.3. The number of benzene rings is 2. The largest absolute Gasteiger partial charge is 0.382 e. The van der Waals surface area contributed by atoms with Gasteiger partial charge in [-0.05, 0) is 29.8 Å². The molecule has 134 valence electrons. The number of oxime groups is 1. The van der Waals surface area contributed by atoms with E-state index < -0.39 is 17.8 Å². The summed E-state index contributed by atoms with van der Waals surface area (Å²) < 4.78 is 13.3. The molecule has 2 aromatic carbocycles. The Kier molecular flexibility index (Phi) is 5.48. The predicted octanol–water partition coefficient (Wildman–Crippen LogP) is 2.36. The average molecular weight is 376 g/mol. The minimum absolute atomic E-state index is 0.0913. The van der Waals surface area contributed by atoms with Crippen LogP contribution in [-0.2, 0) is 20.8 Å². The summed E-state index contributed by atoms with van der Waals surface area (Å²) in [5.41, 5.74) is 6.40. The Bertz CT molecular complexity index is 855. The lowest BCUT2D eigenvalue weighted by atomic mass is 10.0. The van der Waals surface area contributed by atoms with E-state index in [0.29, 0.717) is 16.3 Å². The van der Waals surface area contributed by atoms with Crippen LogP contribution < -0.4 is 10.9 Å². The van der Waals surface area contributed by atoms with Crippen molar-refractivity contribution in [2.45, 2.75) is 18.9 Å². The van der Waals surface area contributed by atoms with E-state index in [2.05, 4.69) is 16.0 Å². The summed E-state index contributed by atoms with van der Waals surface area (Å²) >= 11 is 5.79. The second kappa shape index (κ2) is 7.97. The highest BCUT2D eigenvalue weighted by Crippen LogP contribution is 2.17. The molecule has 8 heteroatoms. The fourth-order valence-electron chi connectivity index (χ4n) is 2.40. The standard InChI is InChI=1S/C18H15ClFN3O3/c19-13-6-4-11(5-7-13)8-17(24)21-22-18(25)16-10-15(23-26-16)12-2-1-3-14(20)9-12/h1-7,9,16H,8,10H2,(H,21,24)(H,22,25)/t16-/m1/s1. The van der Waals surface area contributed by atoms with E-state index in [1.807, 2.05) is 0 Å². The smallest absolute Gasteiger partial charge is 0.282 e. The molecule has 1 aliphatic heterocycles. The summed E-state index contributed by atoms with van der Waals surface area (Å²) in [6.07, 6.45) is -0.611. The first-order valence-corrected chi connectivity index (χ1v) is 8.21. The van der Waals surface area contributed by atoms with Gasteiger partial charge in [-0.25, -0.2) is 4.39 Å². The van der Waals surface area contributed by atoms with Crippen molar-refractivity contribution >= 4 is 29.1 Å². The fourth-order valence-corrected chi connectivity index (χ4v) is 2.53. The van der Waals surface area contributed by atoms with Crippen LogP contribution in [0, 0.1) is 5.82 Å². The number of hydrogen-bond donors (Lipinski definition) is 2. The first-order chi connectivity index (χ1) is 12.5. The summed E-state index contributed by atoms with van der Waals surface area (Å²) in [5.74, 6) is -1.32. The molecule has 0 saturated carbocycles. The van der Waals surface area contributed by atoms with E-state index in [1.165, 1.54) is 12.1 Å². The van der Waals surface area contributed by atoms with Crippen LogP contribution in [0.2, 0.25) is 5.02 Å². The fraction of sp³-hybridized carbons (Fsp3) is 0.167. The first kappa shape index (κ1) is 17.9. The molecule has 0 aromatic heterocycles. The van der Waals surface area contributed by atoms with E-state index in [9.17, 15) is 14.0 Å². The van der Waals surface area contributed by atoms with Gasteiger partial charge in [0.25, 0.3) is 5.91 Å². The molecular formula is C18H15ClFN3O3. The molecule has 2 amide bonds. The molecule has 26 heavy (non-hydrogen) atoms. The third-order valence-electron chi connectivity index (χ3n) is 3.72. The van der Waals surface area contributed by atoms with Crippen molar-refractivity contribution in [3.63, 3.8) is 0 Å². The van der Waals surface area contributed by atoms with Crippen molar-refractivity contribution in [3.8, 4) is 0 Å². The molecule has 6 nitrogen and oxygen atoms in total. The van der Waals surface area contributed by atoms with E-state index >= 15 is 0 Å². The molecule has 1 aliphatic rings. The zero-order valence-electron chi connectivity index (χ0n) is 13.5. The van der Waals surface area contributed by atoms with Crippen LogP contribution in [0.3, 0.4) is 0 Å². The molecule has 3 rings (SSSR count). The van der Waals surface area contributed by atoms with Gasteiger partial charge in [0.1, 0.15) is 5.82 Å². The van der Waals surface area contributed by atoms with Crippen molar-refractivity contribution in [1.29, 1.82) is 0 Å². The molecule has 0 fully saturated rings. The quantitative estimate of drug-likeness (QED) is 0.805. The van der Waals surface area contributed by atoms with Crippen LogP contribution in [-0.4, -0.2) is 23.6 Å². The van der Waals surface area contributed by atoms with Crippen molar-refractivity contribution in [3.05, 3.63) is 70.5 Å². The highest BCUT2D eigenvalue weighted by molar-refractivity contribution is 6.30. The minimum Gasteiger partial charge on any atom is -0.382 e. The number of carbonyl (C=O) groups is 2. The SMILES string of the molecule is O=C(Cc1ccc(Cl)cc1)NNC(=O)[C@H]1CC(c2cccc(F)c2)=NO1. The first-order valence-electron chi connectivity index (χ1n) is 7.83. The van der Waals surface area contributed by atoms with Gasteiger partial charge in [-0.1, -0.05) is 41.0 Å². The lowest BCUT2D eigenvalue weighted by molar-refractivity contribution is -0.135. The molecule has 2 N–H and O–H groups in total. The predicted molar refractivity (Wildman–Crippen MR) is 93.9 cm³/mol. The Balaban J connectivity index is 1.47. The van der Waals surface area contributed by atoms with Gasteiger partial charge in [0.05, 0.1) is 12.1 Å². The number of hydrogen-bond acceptors (Lipinski definition) is 4. The summed E-state index contributed by atoms with van der Waals surface area (Å²) in [6, 6.07) is 12.7. The second-order valence-electron chi connectivity index (χ2n) is 5.69. The Morgan fingerprint density at radius 3 is 2.69 bits per heavy atom. The molecular weight excluding hydrogens is 361 g/mol. The highest BCUT2D eigenvalue weighted by Gasteiger charge is 2.29.